The van der Waals surface area contributed by atoms with E-state index >= 15 is 0 Å². The molecule has 0 fully saturated rings. The highest BCUT2D eigenvalue weighted by molar-refractivity contribution is 9.10. The van der Waals surface area contributed by atoms with Gasteiger partial charge in [0.1, 0.15) is 12.4 Å². The van der Waals surface area contributed by atoms with Crippen LogP contribution >= 0.6 is 39.1 Å². The van der Waals surface area contributed by atoms with Crippen molar-refractivity contribution in [3.05, 3.63) is 90.5 Å². The lowest BCUT2D eigenvalue weighted by Gasteiger charge is -2.11. The smallest absolute Gasteiger partial charge is 0.313 e. The number of benzene rings is 2. The summed E-state index contributed by atoms with van der Waals surface area (Å²) >= 11 is 15.5. The Kier molecular flexibility index (Phi) is 7.03. The summed E-state index contributed by atoms with van der Waals surface area (Å²) in [5, 5.41) is 16.2. The van der Waals surface area contributed by atoms with E-state index in [4.69, 9.17) is 27.9 Å². The molecular formula is C19H13BrCl2N4O3. The molecule has 10 heteroatoms. The van der Waals surface area contributed by atoms with Gasteiger partial charge >= 0.3 is 5.69 Å². The fourth-order valence-electron chi connectivity index (χ4n) is 2.34. The Balaban J connectivity index is 1.77. The third-order valence-corrected chi connectivity index (χ3v) is 4.81. The number of hydrogen-bond acceptors (Lipinski definition) is 6. The average Bonchev–Trinajstić information content (AvgIpc) is 2.69. The summed E-state index contributed by atoms with van der Waals surface area (Å²) in [6.45, 7) is 0.234. The van der Waals surface area contributed by atoms with Gasteiger partial charge in [0.05, 0.1) is 11.1 Å². The van der Waals surface area contributed by atoms with E-state index in [1.807, 2.05) is 6.07 Å². The lowest BCUT2D eigenvalue weighted by atomic mass is 10.2. The molecule has 0 saturated heterocycles. The molecular weight excluding hydrogens is 483 g/mol. The zero-order valence-electron chi connectivity index (χ0n) is 14.7. The summed E-state index contributed by atoms with van der Waals surface area (Å²) in [6.07, 6.45) is 2.93. The molecule has 148 valence electrons. The quantitative estimate of drug-likeness (QED) is 0.243. The fraction of sp³-hybridized carbons (Fsp3) is 0.0526. The number of rotatable bonds is 7. The van der Waals surface area contributed by atoms with E-state index in [2.05, 4.69) is 31.4 Å². The Hall–Kier alpha value is -2.68. The molecule has 1 N–H and O–H groups in total. The van der Waals surface area contributed by atoms with E-state index in [1.165, 1.54) is 24.5 Å². The second-order valence-electron chi connectivity index (χ2n) is 5.70. The Labute approximate surface area is 184 Å². The van der Waals surface area contributed by atoms with Crippen molar-refractivity contribution < 1.29 is 9.66 Å². The van der Waals surface area contributed by atoms with Gasteiger partial charge in [0.25, 0.3) is 0 Å². The highest BCUT2D eigenvalue weighted by Crippen LogP contribution is 2.26. The number of nitro groups is 1. The average molecular weight is 496 g/mol. The van der Waals surface area contributed by atoms with Gasteiger partial charge in [-0.05, 0) is 36.4 Å². The van der Waals surface area contributed by atoms with Crippen LogP contribution in [0.4, 0.5) is 11.5 Å². The third kappa shape index (κ3) is 5.66. The topological polar surface area (TPSA) is 89.7 Å². The van der Waals surface area contributed by atoms with Crippen LogP contribution in [0, 0.1) is 10.1 Å². The van der Waals surface area contributed by atoms with Crippen LogP contribution < -0.4 is 10.2 Å². The van der Waals surface area contributed by atoms with E-state index in [0.29, 0.717) is 21.4 Å². The zero-order valence-corrected chi connectivity index (χ0v) is 17.8. The molecule has 0 unspecified atom stereocenters. The van der Waals surface area contributed by atoms with E-state index in [1.54, 1.807) is 30.3 Å². The zero-order chi connectivity index (χ0) is 20.8. The first-order valence-corrected chi connectivity index (χ1v) is 9.73. The van der Waals surface area contributed by atoms with Crippen LogP contribution in [-0.2, 0) is 6.61 Å². The molecule has 2 aromatic carbocycles. The molecule has 0 aliphatic rings. The summed E-state index contributed by atoms with van der Waals surface area (Å²) < 4.78 is 6.69. The number of anilines is 1. The van der Waals surface area contributed by atoms with Crippen molar-refractivity contribution >= 4 is 56.9 Å². The van der Waals surface area contributed by atoms with Crippen molar-refractivity contribution in [3.8, 4) is 5.75 Å². The minimum absolute atomic E-state index is 0.0409. The number of pyridine rings is 1. The minimum Gasteiger partial charge on any atom is -0.488 e. The molecule has 29 heavy (non-hydrogen) atoms. The molecule has 0 spiro atoms. The van der Waals surface area contributed by atoms with Gasteiger partial charge in [-0.3, -0.25) is 15.5 Å². The lowest BCUT2D eigenvalue weighted by Crippen LogP contribution is -2.01. The largest absolute Gasteiger partial charge is 0.488 e. The van der Waals surface area contributed by atoms with Crippen LogP contribution in [0.1, 0.15) is 11.1 Å². The lowest BCUT2D eigenvalue weighted by molar-refractivity contribution is -0.384. The summed E-state index contributed by atoms with van der Waals surface area (Å²) in [5.41, 5.74) is 3.85. The van der Waals surface area contributed by atoms with Crippen LogP contribution in [0.3, 0.4) is 0 Å². The molecule has 3 aromatic rings. The molecule has 1 heterocycles. The third-order valence-electron chi connectivity index (χ3n) is 3.73. The maximum atomic E-state index is 11.1. The van der Waals surface area contributed by atoms with Gasteiger partial charge < -0.3 is 4.74 Å². The predicted molar refractivity (Wildman–Crippen MR) is 117 cm³/mol. The number of hydrazone groups is 1. The van der Waals surface area contributed by atoms with Crippen molar-refractivity contribution in [2.45, 2.75) is 6.61 Å². The van der Waals surface area contributed by atoms with E-state index < -0.39 is 4.92 Å². The Bertz CT molecular complexity index is 1080. The highest BCUT2D eigenvalue weighted by Gasteiger charge is 2.13. The normalized spacial score (nSPS) is 10.9. The minimum atomic E-state index is -0.533. The molecule has 0 atom stereocenters. The van der Waals surface area contributed by atoms with Gasteiger partial charge in [-0.15, -0.1) is 0 Å². The van der Waals surface area contributed by atoms with Gasteiger partial charge in [-0.2, -0.15) is 5.10 Å². The number of hydrogen-bond donors (Lipinski definition) is 1. The van der Waals surface area contributed by atoms with Crippen molar-refractivity contribution in [2.75, 3.05) is 5.43 Å². The molecule has 0 amide bonds. The first-order chi connectivity index (χ1) is 13.9. The van der Waals surface area contributed by atoms with Crippen LogP contribution in [0.2, 0.25) is 10.0 Å². The van der Waals surface area contributed by atoms with Gasteiger partial charge in [0.2, 0.25) is 5.82 Å². The van der Waals surface area contributed by atoms with Crippen LogP contribution in [0.15, 0.2) is 64.3 Å². The van der Waals surface area contributed by atoms with Gasteiger partial charge in [-0.1, -0.05) is 45.2 Å². The molecule has 3 rings (SSSR count). The van der Waals surface area contributed by atoms with Crippen molar-refractivity contribution in [2.24, 2.45) is 5.10 Å². The number of nitrogens with one attached hydrogen (secondary N) is 1. The summed E-state index contributed by atoms with van der Waals surface area (Å²) in [5.74, 6) is 0.597. The maximum absolute atomic E-state index is 11.1. The van der Waals surface area contributed by atoms with Crippen molar-refractivity contribution in [3.63, 3.8) is 0 Å². The second-order valence-corrected chi connectivity index (χ2v) is 7.46. The maximum Gasteiger partial charge on any atom is 0.313 e. The monoisotopic (exact) mass is 494 g/mol. The SMILES string of the molecule is O=[N+]([O-])c1cccnc1N/N=C\c1cc(Br)ccc1OCc1ccc(Cl)cc1Cl. The van der Waals surface area contributed by atoms with Gasteiger partial charge in [0.15, 0.2) is 0 Å². The number of nitrogens with zero attached hydrogens (tertiary/aromatic N) is 3. The first-order valence-electron chi connectivity index (χ1n) is 8.19. The molecule has 0 aliphatic heterocycles. The van der Waals surface area contributed by atoms with Crippen molar-refractivity contribution in [1.82, 2.24) is 4.98 Å². The predicted octanol–water partition coefficient (Wildman–Crippen LogP) is 6.08. The molecule has 0 radical (unpaired) electrons. The standard InChI is InChI=1S/C19H13BrCl2N4O3/c20-14-4-6-18(29-11-12-3-5-15(21)9-16(12)22)13(8-14)10-24-25-19-17(26(27)28)2-1-7-23-19/h1-10H,11H2,(H,23,25)/b24-10-. The van der Waals surface area contributed by atoms with Crippen LogP contribution in [0.25, 0.3) is 0 Å². The van der Waals surface area contributed by atoms with Crippen molar-refractivity contribution in [1.29, 1.82) is 0 Å². The first kappa shape index (κ1) is 21.0. The number of aromatic nitrogens is 1. The molecule has 0 aliphatic carbocycles. The number of ether oxygens (including phenoxy) is 1. The van der Waals surface area contributed by atoms with E-state index in [0.717, 1.165) is 10.0 Å². The molecule has 1 aromatic heterocycles. The molecule has 0 saturated carbocycles. The van der Waals surface area contributed by atoms with Gasteiger partial charge in [0, 0.05) is 37.9 Å². The van der Waals surface area contributed by atoms with Crippen LogP contribution in [-0.4, -0.2) is 16.1 Å². The van der Waals surface area contributed by atoms with E-state index in [-0.39, 0.29) is 18.1 Å². The van der Waals surface area contributed by atoms with Gasteiger partial charge in [-0.25, -0.2) is 4.98 Å². The number of halogens is 3. The van der Waals surface area contributed by atoms with E-state index in [9.17, 15) is 10.1 Å². The molecule has 0 bridgehead atoms. The Morgan fingerprint density at radius 3 is 2.83 bits per heavy atom. The fourth-order valence-corrected chi connectivity index (χ4v) is 3.18. The van der Waals surface area contributed by atoms with Crippen LogP contribution in [0.5, 0.6) is 5.75 Å². The highest BCUT2D eigenvalue weighted by atomic mass is 79.9. The molecule has 7 nitrogen and oxygen atoms in total. The Morgan fingerprint density at radius 1 is 1.24 bits per heavy atom. The summed E-state index contributed by atoms with van der Waals surface area (Å²) in [7, 11) is 0. The summed E-state index contributed by atoms with van der Waals surface area (Å²) in [6, 6.07) is 13.4. The summed E-state index contributed by atoms with van der Waals surface area (Å²) in [4.78, 5) is 14.4. The second kappa shape index (κ2) is 9.69. The Morgan fingerprint density at radius 2 is 2.07 bits per heavy atom.